The highest BCUT2D eigenvalue weighted by molar-refractivity contribution is 5.69. The largest absolute Gasteiger partial charge is 0.463 e. The number of ether oxygens (including phenoxy) is 2. The third-order valence-electron chi connectivity index (χ3n) is 8.10. The van der Waals surface area contributed by atoms with Gasteiger partial charge in [-0.3, -0.25) is 9.59 Å². The Bertz CT molecular complexity index is 871. The lowest BCUT2D eigenvalue weighted by Gasteiger charge is -2.12. The van der Waals surface area contributed by atoms with Crippen LogP contribution in [0.2, 0.25) is 0 Å². The molecule has 0 aromatic rings. The molecule has 0 radical (unpaired) electrons. The van der Waals surface area contributed by atoms with Gasteiger partial charge in [0.05, 0.1) is 6.10 Å². The summed E-state index contributed by atoms with van der Waals surface area (Å²) in [4.78, 5) is 23.9. The van der Waals surface area contributed by atoms with Gasteiger partial charge in [-0.05, 0) is 44.9 Å². The molecule has 0 aliphatic heterocycles. The van der Waals surface area contributed by atoms with Crippen molar-refractivity contribution in [3.05, 3.63) is 60.8 Å². The molecule has 0 saturated carbocycles. The smallest absolute Gasteiger partial charge is 0.305 e. The minimum Gasteiger partial charge on any atom is -0.463 e. The van der Waals surface area contributed by atoms with E-state index in [4.69, 9.17) is 9.47 Å². The van der Waals surface area contributed by atoms with Gasteiger partial charge in [0.2, 0.25) is 0 Å². The van der Waals surface area contributed by atoms with Crippen LogP contribution in [-0.2, 0) is 19.1 Å². The molecule has 6 nitrogen and oxygen atoms in total. The standard InChI is InChI=1S/C42H72O6/c1-3-5-7-9-11-12-13-14-15-16-17-18-19-23-27-31-35-41(45)47-37-40(44)38-48-42(46)36-32-28-24-21-20-22-26-30-34-39(43)33-29-25-10-8-6-4-2/h6,8,21-22,24-26,29-30,34,39-40,43-44H,3-5,7,9-20,23,27-28,31-33,35-38H2,1-2H3/b8-6-,24-21-,26-22-,29-25-,34-30+/t39?,40-/m0/s1. The highest BCUT2D eigenvalue weighted by Gasteiger charge is 2.12. The average Bonchev–Trinajstić information content (AvgIpc) is 3.08. The Hall–Kier alpha value is -2.44. The van der Waals surface area contributed by atoms with Gasteiger partial charge < -0.3 is 19.7 Å². The van der Waals surface area contributed by atoms with E-state index in [1.54, 1.807) is 6.08 Å². The first kappa shape index (κ1) is 45.6. The molecule has 0 fully saturated rings. The van der Waals surface area contributed by atoms with Crippen molar-refractivity contribution in [1.29, 1.82) is 0 Å². The van der Waals surface area contributed by atoms with E-state index in [-0.39, 0.29) is 31.6 Å². The number of allylic oxidation sites excluding steroid dienone is 8. The number of aliphatic hydroxyl groups excluding tert-OH is 2. The third kappa shape index (κ3) is 36.4. The number of carbonyl (C=O) groups is 2. The Morgan fingerprint density at radius 3 is 1.58 bits per heavy atom. The van der Waals surface area contributed by atoms with Gasteiger partial charge in [-0.25, -0.2) is 0 Å². The molecule has 0 heterocycles. The number of unbranched alkanes of at least 4 members (excludes halogenated alkanes) is 16. The summed E-state index contributed by atoms with van der Waals surface area (Å²) in [5.41, 5.74) is 0. The molecule has 0 aromatic carbocycles. The summed E-state index contributed by atoms with van der Waals surface area (Å²) in [7, 11) is 0. The molecule has 6 heteroatoms. The summed E-state index contributed by atoms with van der Waals surface area (Å²) in [5.74, 6) is -0.669. The Kier molecular flexibility index (Phi) is 35.5. The second kappa shape index (κ2) is 37.4. The van der Waals surface area contributed by atoms with Crippen molar-refractivity contribution in [2.45, 2.75) is 180 Å². The quantitative estimate of drug-likeness (QED) is 0.0306. The van der Waals surface area contributed by atoms with Crippen LogP contribution in [0.5, 0.6) is 0 Å². The Morgan fingerprint density at radius 2 is 1.02 bits per heavy atom. The van der Waals surface area contributed by atoms with E-state index in [0.29, 0.717) is 19.3 Å². The van der Waals surface area contributed by atoms with Crippen LogP contribution in [-0.4, -0.2) is 47.6 Å². The van der Waals surface area contributed by atoms with Gasteiger partial charge in [-0.1, -0.05) is 171 Å². The lowest BCUT2D eigenvalue weighted by Crippen LogP contribution is -2.25. The maximum absolute atomic E-state index is 12.0. The molecule has 1 unspecified atom stereocenters. The maximum Gasteiger partial charge on any atom is 0.305 e. The first-order valence-corrected chi connectivity index (χ1v) is 19.4. The van der Waals surface area contributed by atoms with Crippen LogP contribution in [0, 0.1) is 0 Å². The van der Waals surface area contributed by atoms with E-state index < -0.39 is 12.2 Å². The second-order valence-corrected chi connectivity index (χ2v) is 12.9. The Labute approximate surface area is 294 Å². The monoisotopic (exact) mass is 673 g/mol. The normalized spacial score (nSPS) is 13.5. The van der Waals surface area contributed by atoms with Gasteiger partial charge in [0.15, 0.2) is 0 Å². The predicted molar refractivity (Wildman–Crippen MR) is 202 cm³/mol. The first-order valence-electron chi connectivity index (χ1n) is 19.4. The number of carbonyl (C=O) groups excluding carboxylic acids is 2. The number of esters is 2. The molecule has 0 spiro atoms. The highest BCUT2D eigenvalue weighted by Crippen LogP contribution is 2.14. The van der Waals surface area contributed by atoms with E-state index in [2.05, 4.69) is 32.1 Å². The fourth-order valence-electron chi connectivity index (χ4n) is 5.15. The molecular formula is C42H72O6. The molecule has 0 aromatic heterocycles. The van der Waals surface area contributed by atoms with Crippen molar-refractivity contribution in [2.24, 2.45) is 0 Å². The lowest BCUT2D eigenvalue weighted by atomic mass is 10.0. The van der Waals surface area contributed by atoms with Gasteiger partial charge in [0.25, 0.3) is 0 Å². The fraction of sp³-hybridized carbons (Fsp3) is 0.714. The van der Waals surface area contributed by atoms with Crippen molar-refractivity contribution in [3.63, 3.8) is 0 Å². The topological polar surface area (TPSA) is 93.1 Å². The molecule has 276 valence electrons. The first-order chi connectivity index (χ1) is 23.5. The van der Waals surface area contributed by atoms with Gasteiger partial charge in [0, 0.05) is 12.8 Å². The summed E-state index contributed by atoms with van der Waals surface area (Å²) in [6.07, 6.45) is 44.5. The SMILES string of the molecule is CC/C=C\C/C=C\CC(O)/C=C/C=C\C/C=C\CCCC(=O)OC[C@@H](O)COC(=O)CCCCCCCCCCCCCCCCCC. The van der Waals surface area contributed by atoms with E-state index in [1.807, 2.05) is 36.5 Å². The van der Waals surface area contributed by atoms with Crippen molar-refractivity contribution in [1.82, 2.24) is 0 Å². The Balaban J connectivity index is 3.60. The Morgan fingerprint density at radius 1 is 0.542 bits per heavy atom. The van der Waals surface area contributed by atoms with Crippen LogP contribution in [0.15, 0.2) is 60.8 Å². The van der Waals surface area contributed by atoms with Crippen molar-refractivity contribution < 1.29 is 29.3 Å². The predicted octanol–water partition coefficient (Wildman–Crippen LogP) is 11.0. The molecule has 48 heavy (non-hydrogen) atoms. The molecule has 0 aliphatic rings. The molecule has 2 N–H and O–H groups in total. The average molecular weight is 673 g/mol. The number of hydrogen-bond donors (Lipinski definition) is 2. The molecule has 2 atom stereocenters. The van der Waals surface area contributed by atoms with Gasteiger partial charge in [-0.2, -0.15) is 0 Å². The summed E-state index contributed by atoms with van der Waals surface area (Å²) < 4.78 is 10.3. The van der Waals surface area contributed by atoms with E-state index in [9.17, 15) is 19.8 Å². The van der Waals surface area contributed by atoms with Gasteiger partial charge in [-0.15, -0.1) is 0 Å². The van der Waals surface area contributed by atoms with E-state index in [0.717, 1.165) is 44.9 Å². The van der Waals surface area contributed by atoms with Crippen molar-refractivity contribution in [3.8, 4) is 0 Å². The second-order valence-electron chi connectivity index (χ2n) is 12.9. The maximum atomic E-state index is 12.0. The minimum atomic E-state index is -1.00. The summed E-state index contributed by atoms with van der Waals surface area (Å²) in [5, 5.41) is 19.9. The molecule has 0 aliphatic carbocycles. The molecule has 0 saturated heterocycles. The number of hydrogen-bond acceptors (Lipinski definition) is 6. The lowest BCUT2D eigenvalue weighted by molar-refractivity contribution is -0.152. The van der Waals surface area contributed by atoms with Crippen molar-refractivity contribution >= 4 is 11.9 Å². The van der Waals surface area contributed by atoms with Gasteiger partial charge >= 0.3 is 11.9 Å². The molecular weight excluding hydrogens is 600 g/mol. The minimum absolute atomic E-state index is 0.149. The number of rotatable bonds is 34. The molecule has 0 amide bonds. The molecule has 0 rings (SSSR count). The van der Waals surface area contributed by atoms with Crippen LogP contribution in [0.3, 0.4) is 0 Å². The molecule has 0 bridgehead atoms. The van der Waals surface area contributed by atoms with Crippen LogP contribution in [0.4, 0.5) is 0 Å². The highest BCUT2D eigenvalue weighted by atomic mass is 16.6. The van der Waals surface area contributed by atoms with Gasteiger partial charge in [0.1, 0.15) is 19.3 Å². The summed E-state index contributed by atoms with van der Waals surface area (Å²) >= 11 is 0. The van der Waals surface area contributed by atoms with E-state index in [1.165, 1.54) is 83.5 Å². The van der Waals surface area contributed by atoms with Crippen LogP contribution < -0.4 is 0 Å². The fourth-order valence-corrected chi connectivity index (χ4v) is 5.15. The summed E-state index contributed by atoms with van der Waals surface area (Å²) in [6.45, 7) is 4.06. The van der Waals surface area contributed by atoms with Crippen molar-refractivity contribution in [2.75, 3.05) is 13.2 Å². The third-order valence-corrected chi connectivity index (χ3v) is 8.10. The van der Waals surface area contributed by atoms with E-state index >= 15 is 0 Å². The summed E-state index contributed by atoms with van der Waals surface area (Å²) in [6, 6.07) is 0. The zero-order chi connectivity index (χ0) is 35.2. The van der Waals surface area contributed by atoms with Crippen LogP contribution >= 0.6 is 0 Å². The number of aliphatic hydroxyl groups is 2. The van der Waals surface area contributed by atoms with Crippen LogP contribution in [0.25, 0.3) is 0 Å². The zero-order valence-corrected chi connectivity index (χ0v) is 30.8. The zero-order valence-electron chi connectivity index (χ0n) is 30.8. The van der Waals surface area contributed by atoms with Crippen LogP contribution in [0.1, 0.15) is 168 Å².